The van der Waals surface area contributed by atoms with Crippen molar-refractivity contribution in [1.29, 1.82) is 0 Å². The van der Waals surface area contributed by atoms with Gasteiger partial charge in [0, 0.05) is 24.0 Å². The standard InChI is InChI=1S/C26H26N2O3S/c1-3-15-31-21-13-8-12-20(17-21)28-25(29)23(22-14-9-16-32-22)24(26(28)30)27(4-2)18-19-10-6-5-7-11-19/h5-14,16-17H,3-4,15,18H2,1-2H3. The summed E-state index contributed by atoms with van der Waals surface area (Å²) in [6, 6.07) is 21.0. The molecule has 6 heteroatoms. The smallest absolute Gasteiger partial charge is 0.282 e. The molecule has 0 atom stereocenters. The topological polar surface area (TPSA) is 49.9 Å². The Morgan fingerprint density at radius 2 is 1.75 bits per heavy atom. The second kappa shape index (κ2) is 9.83. The van der Waals surface area contributed by atoms with Crippen molar-refractivity contribution in [2.75, 3.05) is 18.1 Å². The van der Waals surface area contributed by atoms with Crippen molar-refractivity contribution in [3.8, 4) is 5.75 Å². The number of benzene rings is 2. The monoisotopic (exact) mass is 446 g/mol. The van der Waals surface area contributed by atoms with E-state index in [-0.39, 0.29) is 11.8 Å². The van der Waals surface area contributed by atoms with E-state index in [0.29, 0.717) is 42.4 Å². The number of imide groups is 1. The Labute approximate surface area is 192 Å². The average Bonchev–Trinajstić information content (AvgIpc) is 3.43. The molecule has 0 radical (unpaired) electrons. The molecule has 0 spiro atoms. The van der Waals surface area contributed by atoms with Crippen LogP contribution in [0.15, 0.2) is 77.8 Å². The summed E-state index contributed by atoms with van der Waals surface area (Å²) in [7, 11) is 0. The van der Waals surface area contributed by atoms with E-state index in [0.717, 1.165) is 16.9 Å². The van der Waals surface area contributed by atoms with Crippen molar-refractivity contribution in [3.63, 3.8) is 0 Å². The molecule has 0 fully saturated rings. The van der Waals surface area contributed by atoms with Gasteiger partial charge in [-0.1, -0.05) is 49.4 Å². The SMILES string of the molecule is CCCOc1cccc(N2C(=O)C(c3cccs3)=C(N(CC)Cc3ccccc3)C2=O)c1. The summed E-state index contributed by atoms with van der Waals surface area (Å²) in [5, 5.41) is 1.92. The average molecular weight is 447 g/mol. The van der Waals surface area contributed by atoms with Gasteiger partial charge in [0.1, 0.15) is 11.4 Å². The van der Waals surface area contributed by atoms with Gasteiger partial charge < -0.3 is 9.64 Å². The van der Waals surface area contributed by atoms with Gasteiger partial charge in [-0.05, 0) is 42.5 Å². The number of rotatable bonds is 9. The van der Waals surface area contributed by atoms with Crippen LogP contribution in [0.25, 0.3) is 5.57 Å². The third kappa shape index (κ3) is 4.32. The molecule has 0 bridgehead atoms. The lowest BCUT2D eigenvalue weighted by molar-refractivity contribution is -0.120. The number of hydrogen-bond donors (Lipinski definition) is 0. The van der Waals surface area contributed by atoms with Crippen molar-refractivity contribution in [3.05, 3.63) is 88.2 Å². The van der Waals surface area contributed by atoms with E-state index >= 15 is 0 Å². The van der Waals surface area contributed by atoms with Gasteiger partial charge in [0.2, 0.25) is 0 Å². The van der Waals surface area contributed by atoms with E-state index in [1.54, 1.807) is 12.1 Å². The lowest BCUT2D eigenvalue weighted by Gasteiger charge is -2.25. The van der Waals surface area contributed by atoms with Crippen LogP contribution < -0.4 is 9.64 Å². The van der Waals surface area contributed by atoms with Gasteiger partial charge in [-0.2, -0.15) is 0 Å². The van der Waals surface area contributed by atoms with Crippen molar-refractivity contribution in [2.24, 2.45) is 0 Å². The summed E-state index contributed by atoms with van der Waals surface area (Å²) in [6.07, 6.45) is 0.880. The highest BCUT2D eigenvalue weighted by Gasteiger charge is 2.42. The molecule has 1 aliphatic heterocycles. The number of hydrogen-bond acceptors (Lipinski definition) is 5. The highest BCUT2D eigenvalue weighted by molar-refractivity contribution is 7.11. The van der Waals surface area contributed by atoms with Crippen LogP contribution in [0.1, 0.15) is 30.7 Å². The molecule has 2 amide bonds. The van der Waals surface area contributed by atoms with Crippen LogP contribution in [0.3, 0.4) is 0 Å². The first kappa shape index (κ1) is 21.8. The van der Waals surface area contributed by atoms with Crippen molar-refractivity contribution in [2.45, 2.75) is 26.8 Å². The minimum atomic E-state index is -0.302. The fraction of sp³-hybridized carbons (Fsp3) is 0.231. The lowest BCUT2D eigenvalue weighted by Crippen LogP contribution is -2.35. The predicted octanol–water partition coefficient (Wildman–Crippen LogP) is 5.34. The van der Waals surface area contributed by atoms with E-state index < -0.39 is 0 Å². The van der Waals surface area contributed by atoms with E-state index in [4.69, 9.17) is 4.74 Å². The predicted molar refractivity (Wildman–Crippen MR) is 128 cm³/mol. The maximum absolute atomic E-state index is 13.7. The second-order valence-electron chi connectivity index (χ2n) is 7.49. The Kier molecular flexibility index (Phi) is 6.71. The Morgan fingerprint density at radius 1 is 0.938 bits per heavy atom. The van der Waals surface area contributed by atoms with Gasteiger partial charge in [0.05, 0.1) is 17.9 Å². The lowest BCUT2D eigenvalue weighted by atomic mass is 10.1. The highest BCUT2D eigenvalue weighted by atomic mass is 32.1. The van der Waals surface area contributed by atoms with Crippen molar-refractivity contribution >= 4 is 34.4 Å². The molecule has 4 rings (SSSR count). The largest absolute Gasteiger partial charge is 0.494 e. The van der Waals surface area contributed by atoms with Crippen molar-refractivity contribution < 1.29 is 14.3 Å². The summed E-state index contributed by atoms with van der Waals surface area (Å²) in [4.78, 5) is 31.4. The van der Waals surface area contributed by atoms with Crippen LogP contribution in [0.5, 0.6) is 5.75 Å². The molecule has 1 aromatic heterocycles. The van der Waals surface area contributed by atoms with E-state index in [1.807, 2.05) is 78.7 Å². The first-order valence-corrected chi connectivity index (χ1v) is 11.7. The first-order valence-electron chi connectivity index (χ1n) is 10.8. The Balaban J connectivity index is 1.74. The van der Waals surface area contributed by atoms with Gasteiger partial charge in [0.25, 0.3) is 11.8 Å². The summed E-state index contributed by atoms with van der Waals surface area (Å²) >= 11 is 1.47. The summed E-state index contributed by atoms with van der Waals surface area (Å²) in [5.74, 6) is 0.0446. The molecule has 0 saturated carbocycles. The molecule has 0 saturated heterocycles. The molecular weight excluding hydrogens is 420 g/mol. The number of thiophene rings is 1. The van der Waals surface area contributed by atoms with E-state index in [9.17, 15) is 9.59 Å². The maximum Gasteiger partial charge on any atom is 0.282 e. The minimum Gasteiger partial charge on any atom is -0.494 e. The number of likely N-dealkylation sites (N-methyl/N-ethyl adjacent to an activating group) is 1. The fourth-order valence-corrected chi connectivity index (χ4v) is 4.54. The molecule has 0 unspecified atom stereocenters. The van der Waals surface area contributed by atoms with Gasteiger partial charge in [-0.3, -0.25) is 9.59 Å². The molecule has 1 aliphatic rings. The maximum atomic E-state index is 13.7. The van der Waals surface area contributed by atoms with Gasteiger partial charge >= 0.3 is 0 Å². The molecule has 5 nitrogen and oxygen atoms in total. The molecule has 32 heavy (non-hydrogen) atoms. The Bertz CT molecular complexity index is 1120. The van der Waals surface area contributed by atoms with Crippen LogP contribution in [0, 0.1) is 0 Å². The van der Waals surface area contributed by atoms with Crippen LogP contribution in [0.4, 0.5) is 5.69 Å². The molecule has 0 aliphatic carbocycles. The third-order valence-electron chi connectivity index (χ3n) is 5.29. The first-order chi connectivity index (χ1) is 15.6. The zero-order valence-electron chi connectivity index (χ0n) is 18.3. The van der Waals surface area contributed by atoms with Crippen molar-refractivity contribution in [1.82, 2.24) is 4.90 Å². The third-order valence-corrected chi connectivity index (χ3v) is 6.18. The summed E-state index contributed by atoms with van der Waals surface area (Å²) in [5.41, 5.74) is 2.51. The Morgan fingerprint density at radius 3 is 2.44 bits per heavy atom. The van der Waals surface area contributed by atoms with Crippen LogP contribution >= 0.6 is 11.3 Å². The minimum absolute atomic E-state index is 0.299. The van der Waals surface area contributed by atoms with Crippen LogP contribution in [-0.2, 0) is 16.1 Å². The van der Waals surface area contributed by atoms with E-state index in [2.05, 4.69) is 0 Å². The van der Waals surface area contributed by atoms with Gasteiger partial charge in [-0.25, -0.2) is 4.90 Å². The van der Waals surface area contributed by atoms with Gasteiger partial charge in [-0.15, -0.1) is 11.3 Å². The zero-order valence-corrected chi connectivity index (χ0v) is 19.1. The normalized spacial score (nSPS) is 13.8. The fourth-order valence-electron chi connectivity index (χ4n) is 3.77. The van der Waals surface area contributed by atoms with Crippen LogP contribution in [0.2, 0.25) is 0 Å². The van der Waals surface area contributed by atoms with E-state index in [1.165, 1.54) is 16.2 Å². The zero-order chi connectivity index (χ0) is 22.5. The second-order valence-corrected chi connectivity index (χ2v) is 8.44. The molecule has 164 valence electrons. The summed E-state index contributed by atoms with van der Waals surface area (Å²) < 4.78 is 5.73. The molecule has 0 N–H and O–H groups in total. The van der Waals surface area contributed by atoms with Gasteiger partial charge in [0.15, 0.2) is 0 Å². The molecule has 2 aromatic carbocycles. The number of carbonyl (C=O) groups excluding carboxylic acids is 2. The number of nitrogens with zero attached hydrogens (tertiary/aromatic N) is 2. The number of anilines is 1. The quantitative estimate of drug-likeness (QED) is 0.416. The summed E-state index contributed by atoms with van der Waals surface area (Å²) in [6.45, 7) is 5.77. The molecule has 2 heterocycles. The highest BCUT2D eigenvalue weighted by Crippen LogP contribution is 2.37. The number of ether oxygens (including phenoxy) is 1. The Hall–Kier alpha value is -3.38. The number of amides is 2. The molecule has 3 aromatic rings. The molecular formula is C26H26N2O3S. The van der Waals surface area contributed by atoms with Crippen LogP contribution in [-0.4, -0.2) is 29.9 Å². The number of carbonyl (C=O) groups is 2.